The van der Waals surface area contributed by atoms with Gasteiger partial charge in [0.1, 0.15) is 5.75 Å². The molecule has 0 spiro atoms. The normalized spacial score (nSPS) is 10.6. The molecule has 2 N–H and O–H groups in total. The summed E-state index contributed by atoms with van der Waals surface area (Å²) in [7, 11) is 1.44. The van der Waals surface area contributed by atoms with Crippen LogP contribution in [0.25, 0.3) is 0 Å². The number of phenols is 1. The summed E-state index contributed by atoms with van der Waals surface area (Å²) in [4.78, 5) is 22.2. The van der Waals surface area contributed by atoms with Gasteiger partial charge < -0.3 is 9.84 Å². The van der Waals surface area contributed by atoms with E-state index in [1.807, 2.05) is 0 Å². The van der Waals surface area contributed by atoms with Crippen molar-refractivity contribution in [1.29, 1.82) is 0 Å². The fourth-order valence-corrected chi connectivity index (χ4v) is 2.36. The van der Waals surface area contributed by atoms with Crippen molar-refractivity contribution >= 4 is 33.7 Å². The monoisotopic (exact) mass is 393 g/mol. The highest BCUT2D eigenvalue weighted by molar-refractivity contribution is 9.10. The Morgan fingerprint density at radius 2 is 2.12 bits per heavy atom. The molecule has 9 heteroatoms. The van der Waals surface area contributed by atoms with Gasteiger partial charge >= 0.3 is 5.69 Å². The van der Waals surface area contributed by atoms with Crippen molar-refractivity contribution < 1.29 is 19.6 Å². The summed E-state index contributed by atoms with van der Waals surface area (Å²) in [5.41, 5.74) is 2.16. The van der Waals surface area contributed by atoms with Gasteiger partial charge in [0.2, 0.25) is 5.75 Å². The van der Waals surface area contributed by atoms with Gasteiger partial charge in [-0.2, -0.15) is 5.10 Å². The second-order valence-electron chi connectivity index (χ2n) is 4.52. The second kappa shape index (κ2) is 7.55. The van der Waals surface area contributed by atoms with Crippen molar-refractivity contribution in [3.05, 3.63) is 62.1 Å². The molecular weight excluding hydrogens is 382 g/mol. The number of para-hydroxylation sites is 1. The van der Waals surface area contributed by atoms with Crippen molar-refractivity contribution in [2.24, 2.45) is 5.10 Å². The number of hydrogen-bond donors (Lipinski definition) is 2. The zero-order valence-corrected chi connectivity index (χ0v) is 14.0. The van der Waals surface area contributed by atoms with Crippen LogP contribution >= 0.6 is 15.9 Å². The summed E-state index contributed by atoms with van der Waals surface area (Å²) in [6.07, 6.45) is 1.11. The first-order valence-corrected chi connectivity index (χ1v) is 7.36. The number of ether oxygens (including phenoxy) is 1. The number of phenolic OH excluding ortho intramolecular Hbond substituents is 1. The summed E-state index contributed by atoms with van der Waals surface area (Å²) >= 11 is 3.11. The Labute approximate surface area is 145 Å². The summed E-state index contributed by atoms with van der Waals surface area (Å²) in [5.74, 6) is -0.683. The zero-order valence-electron chi connectivity index (χ0n) is 12.4. The van der Waals surface area contributed by atoms with E-state index in [4.69, 9.17) is 4.74 Å². The molecule has 0 heterocycles. The van der Waals surface area contributed by atoms with Gasteiger partial charge in [0.25, 0.3) is 5.91 Å². The van der Waals surface area contributed by atoms with E-state index in [1.165, 1.54) is 19.2 Å². The predicted octanol–water partition coefficient (Wildman–Crippen LogP) is 2.84. The standard InChI is InChI=1S/C15H12BrN3O5/c1-24-13-5-3-2-4-11(13)15(21)18-17-8-9-6-10(16)7-12(14(9)20)19(22)23/h2-8,20H,1H3,(H,18,21)/b17-8-. The van der Waals surface area contributed by atoms with Crippen LogP contribution in [0.4, 0.5) is 5.69 Å². The highest BCUT2D eigenvalue weighted by Crippen LogP contribution is 2.32. The Balaban J connectivity index is 2.20. The van der Waals surface area contributed by atoms with E-state index in [-0.39, 0.29) is 11.1 Å². The lowest BCUT2D eigenvalue weighted by Crippen LogP contribution is -2.18. The molecule has 0 saturated carbocycles. The molecular formula is C15H12BrN3O5. The van der Waals surface area contributed by atoms with Crippen LogP contribution in [0.1, 0.15) is 15.9 Å². The Hall–Kier alpha value is -2.94. The van der Waals surface area contributed by atoms with Gasteiger partial charge in [0.05, 0.1) is 23.8 Å². The number of carbonyl (C=O) groups excluding carboxylic acids is 1. The smallest absolute Gasteiger partial charge is 0.312 e. The number of nitrogens with zero attached hydrogens (tertiary/aromatic N) is 2. The lowest BCUT2D eigenvalue weighted by atomic mass is 10.2. The lowest BCUT2D eigenvalue weighted by molar-refractivity contribution is -0.385. The fourth-order valence-electron chi connectivity index (χ4n) is 1.90. The van der Waals surface area contributed by atoms with Crippen molar-refractivity contribution in [3.63, 3.8) is 0 Å². The van der Waals surface area contributed by atoms with Crippen molar-refractivity contribution in [1.82, 2.24) is 5.43 Å². The van der Waals surface area contributed by atoms with Crippen LogP contribution in [-0.2, 0) is 0 Å². The molecule has 2 rings (SSSR count). The number of halogens is 1. The lowest BCUT2D eigenvalue weighted by Gasteiger charge is -2.06. The van der Waals surface area contributed by atoms with Crippen LogP contribution in [0.2, 0.25) is 0 Å². The molecule has 0 aliphatic rings. The third-order valence-electron chi connectivity index (χ3n) is 3.00. The number of methoxy groups -OCH3 is 1. The van der Waals surface area contributed by atoms with E-state index < -0.39 is 22.3 Å². The quantitative estimate of drug-likeness (QED) is 0.460. The molecule has 0 unspecified atom stereocenters. The first-order valence-electron chi connectivity index (χ1n) is 6.57. The molecule has 124 valence electrons. The molecule has 2 aromatic carbocycles. The maximum Gasteiger partial charge on any atom is 0.312 e. The maximum absolute atomic E-state index is 12.1. The number of nitro benzene ring substituents is 1. The number of amides is 1. The minimum Gasteiger partial charge on any atom is -0.502 e. The maximum atomic E-state index is 12.1. The van der Waals surface area contributed by atoms with Crippen molar-refractivity contribution in [2.75, 3.05) is 7.11 Å². The van der Waals surface area contributed by atoms with E-state index >= 15 is 0 Å². The Morgan fingerprint density at radius 1 is 1.42 bits per heavy atom. The van der Waals surface area contributed by atoms with E-state index in [1.54, 1.807) is 24.3 Å². The third kappa shape index (κ3) is 3.87. The minimum absolute atomic E-state index is 0.0800. The molecule has 0 aromatic heterocycles. The molecule has 24 heavy (non-hydrogen) atoms. The number of nitrogens with one attached hydrogen (secondary N) is 1. The van der Waals surface area contributed by atoms with Crippen LogP contribution in [0.3, 0.4) is 0 Å². The molecule has 0 fully saturated rings. The van der Waals surface area contributed by atoms with Gasteiger partial charge in [-0.15, -0.1) is 0 Å². The van der Waals surface area contributed by atoms with E-state index in [0.717, 1.165) is 6.21 Å². The largest absolute Gasteiger partial charge is 0.502 e. The van der Waals surface area contributed by atoms with Crippen LogP contribution in [0.15, 0.2) is 46.0 Å². The average Bonchev–Trinajstić information content (AvgIpc) is 2.57. The van der Waals surface area contributed by atoms with E-state index in [0.29, 0.717) is 10.2 Å². The first-order chi connectivity index (χ1) is 11.4. The fraction of sp³-hybridized carbons (Fsp3) is 0.0667. The highest BCUT2D eigenvalue weighted by Gasteiger charge is 2.17. The van der Waals surface area contributed by atoms with Gasteiger partial charge in [-0.3, -0.25) is 14.9 Å². The summed E-state index contributed by atoms with van der Waals surface area (Å²) in [6, 6.07) is 9.18. The Morgan fingerprint density at radius 3 is 2.79 bits per heavy atom. The molecule has 0 radical (unpaired) electrons. The average molecular weight is 394 g/mol. The number of hydrazone groups is 1. The summed E-state index contributed by atoms with van der Waals surface area (Å²) < 4.78 is 5.47. The molecule has 2 aromatic rings. The first kappa shape index (κ1) is 17.4. The molecule has 0 aliphatic heterocycles. The number of hydrogen-bond acceptors (Lipinski definition) is 6. The zero-order chi connectivity index (χ0) is 17.7. The molecule has 0 bridgehead atoms. The van der Waals surface area contributed by atoms with Crippen LogP contribution < -0.4 is 10.2 Å². The van der Waals surface area contributed by atoms with Gasteiger partial charge in [-0.25, -0.2) is 5.43 Å². The number of rotatable bonds is 5. The summed E-state index contributed by atoms with van der Waals surface area (Å²) in [5, 5.41) is 24.4. The predicted molar refractivity (Wildman–Crippen MR) is 90.5 cm³/mol. The number of carbonyl (C=O) groups is 1. The summed E-state index contributed by atoms with van der Waals surface area (Å²) in [6.45, 7) is 0. The number of aromatic hydroxyl groups is 1. The van der Waals surface area contributed by atoms with Crippen LogP contribution in [-0.4, -0.2) is 29.3 Å². The number of nitro groups is 1. The molecule has 0 aliphatic carbocycles. The third-order valence-corrected chi connectivity index (χ3v) is 3.46. The van der Waals surface area contributed by atoms with E-state index in [9.17, 15) is 20.0 Å². The van der Waals surface area contributed by atoms with Gasteiger partial charge in [-0.05, 0) is 18.2 Å². The highest BCUT2D eigenvalue weighted by atomic mass is 79.9. The van der Waals surface area contributed by atoms with Crippen LogP contribution in [0.5, 0.6) is 11.5 Å². The molecule has 0 atom stereocenters. The van der Waals surface area contributed by atoms with Crippen LogP contribution in [0, 0.1) is 10.1 Å². The molecule has 1 amide bonds. The van der Waals surface area contributed by atoms with Gasteiger partial charge in [-0.1, -0.05) is 28.1 Å². The minimum atomic E-state index is -0.717. The van der Waals surface area contributed by atoms with Gasteiger partial charge in [0.15, 0.2) is 0 Å². The Bertz CT molecular complexity index is 823. The second-order valence-corrected chi connectivity index (χ2v) is 5.43. The topological polar surface area (TPSA) is 114 Å². The van der Waals surface area contributed by atoms with Crippen molar-refractivity contribution in [2.45, 2.75) is 0 Å². The Kier molecular flexibility index (Phi) is 5.48. The SMILES string of the molecule is COc1ccccc1C(=O)N/N=C\c1cc(Br)cc([N+](=O)[O-])c1O. The van der Waals surface area contributed by atoms with Gasteiger partial charge in [0, 0.05) is 16.1 Å². The number of benzene rings is 2. The van der Waals surface area contributed by atoms with Crippen molar-refractivity contribution in [3.8, 4) is 11.5 Å². The van der Waals surface area contributed by atoms with E-state index in [2.05, 4.69) is 26.5 Å². The molecule has 0 saturated heterocycles. The molecule has 8 nitrogen and oxygen atoms in total.